The first-order valence-electron chi connectivity index (χ1n) is 7.50. The van der Waals surface area contributed by atoms with Gasteiger partial charge in [0.05, 0.1) is 0 Å². The van der Waals surface area contributed by atoms with Crippen LogP contribution in [-0.2, 0) is 6.42 Å². The van der Waals surface area contributed by atoms with Crippen LogP contribution in [0.5, 0.6) is 0 Å². The van der Waals surface area contributed by atoms with E-state index in [1.54, 1.807) is 0 Å². The van der Waals surface area contributed by atoms with Crippen molar-refractivity contribution in [1.82, 2.24) is 0 Å². The van der Waals surface area contributed by atoms with Crippen LogP contribution in [0, 0.1) is 11.8 Å². The van der Waals surface area contributed by atoms with Gasteiger partial charge in [0.15, 0.2) is 0 Å². The molecule has 0 aliphatic carbocycles. The fourth-order valence-electron chi connectivity index (χ4n) is 2.63. The van der Waals surface area contributed by atoms with Crippen LogP contribution in [0.15, 0.2) is 24.3 Å². The van der Waals surface area contributed by atoms with E-state index in [0.717, 1.165) is 23.2 Å². The molecule has 0 fully saturated rings. The summed E-state index contributed by atoms with van der Waals surface area (Å²) >= 11 is 12.4. The molecule has 108 valence electrons. The Bertz CT molecular complexity index is 349. The van der Waals surface area contributed by atoms with E-state index in [0.29, 0.717) is 5.92 Å². The van der Waals surface area contributed by atoms with Crippen LogP contribution < -0.4 is 0 Å². The van der Waals surface area contributed by atoms with Crippen LogP contribution in [0.4, 0.5) is 0 Å². The fourth-order valence-corrected chi connectivity index (χ4v) is 3.08. The van der Waals surface area contributed by atoms with Crippen LogP contribution in [0.3, 0.4) is 0 Å². The first-order valence-corrected chi connectivity index (χ1v) is 8.41. The van der Waals surface area contributed by atoms with E-state index in [2.05, 4.69) is 26.0 Å². The van der Waals surface area contributed by atoms with Gasteiger partial charge >= 0.3 is 0 Å². The van der Waals surface area contributed by atoms with E-state index in [-0.39, 0.29) is 0 Å². The quantitative estimate of drug-likeness (QED) is 0.466. The molecule has 0 amide bonds. The molecule has 0 nitrogen and oxygen atoms in total. The number of benzene rings is 1. The number of rotatable bonds is 9. The maximum absolute atomic E-state index is 6.24. The third kappa shape index (κ3) is 6.19. The number of halogens is 2. The molecule has 19 heavy (non-hydrogen) atoms. The molecule has 0 aromatic heterocycles. The minimum Gasteiger partial charge on any atom is -0.126 e. The average molecular weight is 301 g/mol. The molecule has 1 aromatic carbocycles. The van der Waals surface area contributed by atoms with Crippen LogP contribution in [0.1, 0.15) is 51.5 Å². The van der Waals surface area contributed by atoms with Gasteiger partial charge < -0.3 is 0 Å². The Morgan fingerprint density at radius 2 is 1.84 bits per heavy atom. The standard InChI is InChI=1S/C17H26Cl2/c1-3-5-8-14(4-2)11-15(13-18)12-16-9-6-7-10-17(16)19/h6-7,9-10,14-15H,3-5,8,11-13H2,1-2H3. The Kier molecular flexibility index (Phi) is 8.57. The van der Waals surface area contributed by atoms with Gasteiger partial charge in [-0.2, -0.15) is 0 Å². The molecule has 0 radical (unpaired) electrons. The van der Waals surface area contributed by atoms with Crippen molar-refractivity contribution in [3.8, 4) is 0 Å². The number of unbranched alkanes of at least 4 members (excludes halogenated alkanes) is 1. The molecule has 0 heterocycles. The van der Waals surface area contributed by atoms with E-state index >= 15 is 0 Å². The van der Waals surface area contributed by atoms with Crippen molar-refractivity contribution >= 4 is 23.2 Å². The minimum atomic E-state index is 0.545. The molecular formula is C17H26Cl2. The second-order valence-electron chi connectivity index (χ2n) is 5.47. The van der Waals surface area contributed by atoms with Gasteiger partial charge in [-0.3, -0.25) is 0 Å². The van der Waals surface area contributed by atoms with Crippen molar-refractivity contribution in [3.63, 3.8) is 0 Å². The lowest BCUT2D eigenvalue weighted by atomic mass is 9.86. The second-order valence-corrected chi connectivity index (χ2v) is 6.18. The van der Waals surface area contributed by atoms with Crippen LogP contribution in [0.25, 0.3) is 0 Å². The summed E-state index contributed by atoms with van der Waals surface area (Å²) in [5.41, 5.74) is 1.24. The molecule has 0 aliphatic rings. The number of hydrogen-bond donors (Lipinski definition) is 0. The summed E-state index contributed by atoms with van der Waals surface area (Å²) < 4.78 is 0. The third-order valence-electron chi connectivity index (χ3n) is 3.89. The minimum absolute atomic E-state index is 0.545. The molecule has 0 bridgehead atoms. The number of alkyl halides is 1. The van der Waals surface area contributed by atoms with Crippen LogP contribution >= 0.6 is 23.2 Å². The van der Waals surface area contributed by atoms with Crippen molar-refractivity contribution in [2.45, 2.75) is 52.4 Å². The molecule has 1 aromatic rings. The Balaban J connectivity index is 2.55. The average Bonchev–Trinajstić information content (AvgIpc) is 2.44. The molecule has 2 atom stereocenters. The lowest BCUT2D eigenvalue weighted by Gasteiger charge is -2.21. The number of hydrogen-bond acceptors (Lipinski definition) is 0. The van der Waals surface area contributed by atoms with Gasteiger partial charge in [-0.05, 0) is 36.3 Å². The summed E-state index contributed by atoms with van der Waals surface area (Å²) in [5, 5.41) is 0.874. The zero-order chi connectivity index (χ0) is 14.1. The predicted molar refractivity (Wildman–Crippen MR) is 87.3 cm³/mol. The molecule has 0 spiro atoms. The van der Waals surface area contributed by atoms with Crippen LogP contribution in [0.2, 0.25) is 5.02 Å². The molecule has 0 saturated carbocycles. The monoisotopic (exact) mass is 300 g/mol. The molecule has 2 unspecified atom stereocenters. The van der Waals surface area contributed by atoms with Crippen molar-refractivity contribution in [1.29, 1.82) is 0 Å². The van der Waals surface area contributed by atoms with Crippen LogP contribution in [-0.4, -0.2) is 5.88 Å². The van der Waals surface area contributed by atoms with Crippen molar-refractivity contribution in [3.05, 3.63) is 34.9 Å². The second kappa shape index (κ2) is 9.66. The van der Waals surface area contributed by atoms with Gasteiger partial charge in [-0.15, -0.1) is 11.6 Å². The maximum Gasteiger partial charge on any atom is 0.0438 e. The normalized spacial score (nSPS) is 14.3. The van der Waals surface area contributed by atoms with Gasteiger partial charge in [0, 0.05) is 10.9 Å². The van der Waals surface area contributed by atoms with E-state index < -0.39 is 0 Å². The topological polar surface area (TPSA) is 0 Å². The Morgan fingerprint density at radius 1 is 1.11 bits per heavy atom. The third-order valence-corrected chi connectivity index (χ3v) is 4.70. The van der Waals surface area contributed by atoms with Gasteiger partial charge in [-0.25, -0.2) is 0 Å². The van der Waals surface area contributed by atoms with Gasteiger partial charge in [-0.1, -0.05) is 69.3 Å². The maximum atomic E-state index is 6.24. The van der Waals surface area contributed by atoms with Crippen molar-refractivity contribution < 1.29 is 0 Å². The summed E-state index contributed by atoms with van der Waals surface area (Å²) in [6.07, 6.45) is 7.45. The van der Waals surface area contributed by atoms with Gasteiger partial charge in [0.1, 0.15) is 0 Å². The van der Waals surface area contributed by atoms with Crippen molar-refractivity contribution in [2.24, 2.45) is 11.8 Å². The Labute approximate surface area is 128 Å². The molecule has 1 rings (SSSR count). The lowest BCUT2D eigenvalue weighted by Crippen LogP contribution is -2.13. The summed E-state index contributed by atoms with van der Waals surface area (Å²) in [5.74, 6) is 2.09. The highest BCUT2D eigenvalue weighted by Gasteiger charge is 2.16. The first-order chi connectivity index (χ1) is 9.21. The van der Waals surface area contributed by atoms with Gasteiger partial charge in [0.25, 0.3) is 0 Å². The molecule has 0 saturated heterocycles. The van der Waals surface area contributed by atoms with E-state index in [4.69, 9.17) is 23.2 Å². The Hall–Kier alpha value is -0.200. The summed E-state index contributed by atoms with van der Waals surface area (Å²) in [4.78, 5) is 0. The smallest absolute Gasteiger partial charge is 0.0438 e. The summed E-state index contributed by atoms with van der Waals surface area (Å²) in [7, 11) is 0. The fraction of sp³-hybridized carbons (Fsp3) is 0.647. The molecule has 0 N–H and O–H groups in total. The van der Waals surface area contributed by atoms with Crippen molar-refractivity contribution in [2.75, 3.05) is 5.88 Å². The highest BCUT2D eigenvalue weighted by molar-refractivity contribution is 6.31. The zero-order valence-corrected chi connectivity index (χ0v) is 13.7. The zero-order valence-electron chi connectivity index (χ0n) is 12.2. The summed E-state index contributed by atoms with van der Waals surface area (Å²) in [6.45, 7) is 4.55. The highest BCUT2D eigenvalue weighted by atomic mass is 35.5. The summed E-state index contributed by atoms with van der Waals surface area (Å²) in [6, 6.07) is 8.13. The first kappa shape index (κ1) is 16.9. The molecular weight excluding hydrogens is 275 g/mol. The predicted octanol–water partition coefficient (Wildman–Crippen LogP) is 6.34. The highest BCUT2D eigenvalue weighted by Crippen LogP contribution is 2.27. The Morgan fingerprint density at radius 3 is 2.42 bits per heavy atom. The SMILES string of the molecule is CCCCC(CC)CC(CCl)Cc1ccccc1Cl. The lowest BCUT2D eigenvalue weighted by molar-refractivity contribution is 0.353. The molecule has 2 heteroatoms. The van der Waals surface area contributed by atoms with Gasteiger partial charge in [0.2, 0.25) is 0 Å². The largest absolute Gasteiger partial charge is 0.126 e. The molecule has 0 aliphatic heterocycles. The van der Waals surface area contributed by atoms with E-state index in [1.807, 2.05) is 12.1 Å². The van der Waals surface area contributed by atoms with E-state index in [1.165, 1.54) is 37.7 Å². The van der Waals surface area contributed by atoms with E-state index in [9.17, 15) is 0 Å².